The minimum Gasteiger partial charge on any atom is -0.481 e. The van der Waals surface area contributed by atoms with Crippen molar-refractivity contribution in [3.05, 3.63) is 59.7 Å². The largest absolute Gasteiger partial charge is 0.481 e. The second-order valence-electron chi connectivity index (χ2n) is 8.06. The lowest BCUT2D eigenvalue weighted by Crippen LogP contribution is -2.56. The Morgan fingerprint density at radius 3 is 2.26 bits per heavy atom. The van der Waals surface area contributed by atoms with Crippen LogP contribution < -0.4 is 10.1 Å². The average Bonchev–Trinajstić information content (AvgIpc) is 2.85. The molecule has 1 aliphatic heterocycles. The van der Waals surface area contributed by atoms with Crippen LogP contribution in [0.3, 0.4) is 0 Å². The van der Waals surface area contributed by atoms with E-state index in [1.165, 1.54) is 4.31 Å². The Bertz CT molecular complexity index is 1190. The van der Waals surface area contributed by atoms with Gasteiger partial charge in [-0.05, 0) is 50.2 Å². The number of piperazine rings is 1. The zero-order chi connectivity index (χ0) is 25.4. The summed E-state index contributed by atoms with van der Waals surface area (Å²) in [4.78, 5) is 26.3. The van der Waals surface area contributed by atoms with E-state index in [0.717, 1.165) is 5.56 Å². The van der Waals surface area contributed by atoms with E-state index >= 15 is 0 Å². The van der Waals surface area contributed by atoms with E-state index in [-0.39, 0.29) is 44.2 Å². The first-order chi connectivity index (χ1) is 16.7. The monoisotopic (exact) mass is 499 g/mol. The molecule has 2 N–H and O–H groups in total. The standard InChI is InChI=1S/C25H29N3O6S/c1-3-4-17-34-21-9-7-20(8-10-21)24(29)26-18-23(25(30)31)27-13-15-28(16-14-27)35(32,33)22-11-5-19(2)6-12-22/h5-12,23H,13-18H2,1-2H3,(H,26,29)(H,30,31)/t23-/m0/s1. The maximum Gasteiger partial charge on any atom is 0.322 e. The molecule has 2 aromatic rings. The van der Waals surface area contributed by atoms with Gasteiger partial charge < -0.3 is 15.2 Å². The molecule has 0 saturated carbocycles. The number of sulfonamides is 1. The number of hydrogen-bond acceptors (Lipinski definition) is 6. The van der Waals surface area contributed by atoms with Gasteiger partial charge in [0.15, 0.2) is 0 Å². The van der Waals surface area contributed by atoms with Gasteiger partial charge in [0.1, 0.15) is 18.4 Å². The molecule has 1 heterocycles. The number of aliphatic carboxylic acids is 1. The molecule has 0 spiro atoms. The van der Waals surface area contributed by atoms with Crippen molar-refractivity contribution in [2.45, 2.75) is 24.8 Å². The van der Waals surface area contributed by atoms with E-state index in [4.69, 9.17) is 4.74 Å². The van der Waals surface area contributed by atoms with Crippen LogP contribution in [0.1, 0.15) is 22.8 Å². The first kappa shape index (κ1) is 26.2. The number of benzene rings is 2. The molecule has 1 amide bonds. The third kappa shape index (κ3) is 6.82. The molecular weight excluding hydrogens is 470 g/mol. The van der Waals surface area contributed by atoms with Gasteiger partial charge in [-0.1, -0.05) is 23.6 Å². The van der Waals surface area contributed by atoms with Crippen molar-refractivity contribution in [1.82, 2.24) is 14.5 Å². The fourth-order valence-electron chi connectivity index (χ4n) is 3.67. The third-order valence-corrected chi connectivity index (χ3v) is 7.63. The molecule has 0 aliphatic carbocycles. The van der Waals surface area contributed by atoms with Crippen molar-refractivity contribution < 1.29 is 27.9 Å². The van der Waals surface area contributed by atoms with Crippen LogP contribution in [-0.4, -0.2) is 80.0 Å². The van der Waals surface area contributed by atoms with Gasteiger partial charge in [0.05, 0.1) is 4.90 Å². The minimum atomic E-state index is -3.65. The molecule has 1 saturated heterocycles. The summed E-state index contributed by atoms with van der Waals surface area (Å²) in [6.07, 6.45) is 0. The Morgan fingerprint density at radius 2 is 1.69 bits per heavy atom. The molecule has 2 aromatic carbocycles. The maximum atomic E-state index is 12.9. The number of amides is 1. The number of hydrogen-bond donors (Lipinski definition) is 2. The Labute approximate surface area is 205 Å². The van der Waals surface area contributed by atoms with Gasteiger partial charge in [0, 0.05) is 38.3 Å². The van der Waals surface area contributed by atoms with Crippen molar-refractivity contribution >= 4 is 21.9 Å². The molecule has 186 valence electrons. The predicted octanol–water partition coefficient (Wildman–Crippen LogP) is 1.59. The van der Waals surface area contributed by atoms with Crippen molar-refractivity contribution in [1.29, 1.82) is 0 Å². The van der Waals surface area contributed by atoms with Crippen molar-refractivity contribution in [2.24, 2.45) is 0 Å². The van der Waals surface area contributed by atoms with E-state index < -0.39 is 27.9 Å². The lowest BCUT2D eigenvalue weighted by atomic mass is 10.1. The molecule has 0 unspecified atom stereocenters. The molecule has 1 atom stereocenters. The van der Waals surface area contributed by atoms with E-state index in [9.17, 15) is 23.1 Å². The summed E-state index contributed by atoms with van der Waals surface area (Å²) in [6.45, 7) is 4.55. The minimum absolute atomic E-state index is 0.108. The highest BCUT2D eigenvalue weighted by Crippen LogP contribution is 2.19. The van der Waals surface area contributed by atoms with Crippen LogP contribution in [-0.2, 0) is 14.8 Å². The van der Waals surface area contributed by atoms with Crippen LogP contribution in [0.5, 0.6) is 5.75 Å². The number of nitrogens with one attached hydrogen (secondary N) is 1. The number of aryl methyl sites for hydroxylation is 1. The van der Waals surface area contributed by atoms with Gasteiger partial charge in [-0.25, -0.2) is 8.42 Å². The predicted molar refractivity (Wildman–Crippen MR) is 131 cm³/mol. The molecule has 1 aliphatic rings. The lowest BCUT2D eigenvalue weighted by Gasteiger charge is -2.37. The molecular formula is C25H29N3O6S. The molecule has 0 bridgehead atoms. The van der Waals surface area contributed by atoms with Crippen LogP contribution in [0.15, 0.2) is 53.4 Å². The molecule has 35 heavy (non-hydrogen) atoms. The Kier molecular flexibility index (Phi) is 8.87. The van der Waals surface area contributed by atoms with Crippen molar-refractivity contribution in [3.8, 4) is 17.6 Å². The molecule has 0 aromatic heterocycles. The Morgan fingerprint density at radius 1 is 1.06 bits per heavy atom. The SMILES string of the molecule is CC#CCOc1ccc(C(=O)NC[C@@H](C(=O)O)N2CCN(S(=O)(=O)c3ccc(C)cc3)CC2)cc1. The van der Waals surface area contributed by atoms with Crippen LogP contribution in [0, 0.1) is 18.8 Å². The summed E-state index contributed by atoms with van der Waals surface area (Å²) in [5, 5.41) is 12.4. The van der Waals surface area contributed by atoms with Crippen LogP contribution in [0.25, 0.3) is 0 Å². The number of carbonyl (C=O) groups excluding carboxylic acids is 1. The number of nitrogens with zero attached hydrogens (tertiary/aromatic N) is 2. The first-order valence-corrected chi connectivity index (χ1v) is 12.6. The molecule has 3 rings (SSSR count). The van der Waals surface area contributed by atoms with E-state index in [1.807, 2.05) is 6.92 Å². The number of ether oxygens (including phenoxy) is 1. The fraction of sp³-hybridized carbons (Fsp3) is 0.360. The fourth-order valence-corrected chi connectivity index (χ4v) is 5.10. The van der Waals surface area contributed by atoms with E-state index in [1.54, 1.807) is 60.4 Å². The van der Waals surface area contributed by atoms with Crippen LogP contribution in [0.2, 0.25) is 0 Å². The summed E-state index contributed by atoms with van der Waals surface area (Å²) in [6, 6.07) is 12.1. The summed E-state index contributed by atoms with van der Waals surface area (Å²) in [5.74, 6) is 4.59. The normalized spacial score (nSPS) is 15.5. The summed E-state index contributed by atoms with van der Waals surface area (Å²) in [5.41, 5.74) is 1.34. The summed E-state index contributed by atoms with van der Waals surface area (Å²) < 4.78 is 32.6. The van der Waals surface area contributed by atoms with E-state index in [0.29, 0.717) is 11.3 Å². The Balaban J connectivity index is 1.56. The zero-order valence-electron chi connectivity index (χ0n) is 19.7. The molecule has 1 fully saturated rings. The van der Waals surface area contributed by atoms with Crippen LogP contribution >= 0.6 is 0 Å². The van der Waals surface area contributed by atoms with Crippen molar-refractivity contribution in [3.63, 3.8) is 0 Å². The van der Waals surface area contributed by atoms with Crippen LogP contribution in [0.4, 0.5) is 0 Å². The highest BCUT2D eigenvalue weighted by atomic mass is 32.2. The molecule has 0 radical (unpaired) electrons. The van der Waals surface area contributed by atoms with Gasteiger partial charge in [0.25, 0.3) is 5.91 Å². The second kappa shape index (κ2) is 11.8. The molecule has 9 nitrogen and oxygen atoms in total. The average molecular weight is 500 g/mol. The van der Waals surface area contributed by atoms with Gasteiger partial charge in [0.2, 0.25) is 10.0 Å². The highest BCUT2D eigenvalue weighted by Gasteiger charge is 2.33. The van der Waals surface area contributed by atoms with Gasteiger partial charge in [-0.15, -0.1) is 5.92 Å². The summed E-state index contributed by atoms with van der Waals surface area (Å²) in [7, 11) is -3.65. The number of rotatable bonds is 9. The van der Waals surface area contributed by atoms with Gasteiger partial charge >= 0.3 is 5.97 Å². The van der Waals surface area contributed by atoms with Gasteiger partial charge in [-0.3, -0.25) is 14.5 Å². The number of carboxylic acid groups (broad SMARTS) is 1. The molecule has 10 heteroatoms. The Hall–Kier alpha value is -3.39. The number of carboxylic acids is 1. The first-order valence-electron chi connectivity index (χ1n) is 11.2. The maximum absolute atomic E-state index is 12.9. The quantitative estimate of drug-likeness (QED) is 0.503. The zero-order valence-corrected chi connectivity index (χ0v) is 20.5. The van der Waals surface area contributed by atoms with Crippen molar-refractivity contribution in [2.75, 3.05) is 39.3 Å². The highest BCUT2D eigenvalue weighted by molar-refractivity contribution is 7.89. The topological polar surface area (TPSA) is 116 Å². The summed E-state index contributed by atoms with van der Waals surface area (Å²) >= 11 is 0. The lowest BCUT2D eigenvalue weighted by molar-refractivity contribution is -0.143. The van der Waals surface area contributed by atoms with E-state index in [2.05, 4.69) is 17.2 Å². The second-order valence-corrected chi connectivity index (χ2v) is 9.99. The third-order valence-electron chi connectivity index (χ3n) is 5.72. The smallest absolute Gasteiger partial charge is 0.322 e. The number of carbonyl (C=O) groups is 2. The van der Waals surface area contributed by atoms with Gasteiger partial charge in [-0.2, -0.15) is 4.31 Å².